The number of hydrogen-bond donors (Lipinski definition) is 1. The van der Waals surface area contributed by atoms with Gasteiger partial charge in [0.15, 0.2) is 5.75 Å². The van der Waals surface area contributed by atoms with Crippen molar-refractivity contribution in [3.05, 3.63) is 39.2 Å². The average molecular weight is 531 g/mol. The Morgan fingerprint density at radius 3 is 2.25 bits per heavy atom. The maximum Gasteiger partial charge on any atom is 0.404 e. The number of aromatic nitrogens is 2. The number of methoxy groups -OCH3 is 2. The average Bonchev–Trinajstić information content (AvgIpc) is 2.60. The van der Waals surface area contributed by atoms with Gasteiger partial charge in [-0.2, -0.15) is 23.1 Å². The van der Waals surface area contributed by atoms with Gasteiger partial charge in [0.1, 0.15) is 0 Å². The molecule has 0 saturated heterocycles. The van der Waals surface area contributed by atoms with Crippen LogP contribution in [-0.2, 0) is 10.0 Å². The molecule has 2 rings (SSSR count). The molecule has 0 fully saturated rings. The van der Waals surface area contributed by atoms with E-state index in [1.807, 2.05) is 4.72 Å². The number of benzene rings is 1. The van der Waals surface area contributed by atoms with Gasteiger partial charge in [-0.1, -0.05) is 6.07 Å². The number of nitrogens with zero attached hydrogens (tertiary/aromatic N) is 2. The highest BCUT2D eigenvalue weighted by atomic mass is 127. The number of halogens is 4. The van der Waals surface area contributed by atoms with Crippen molar-refractivity contribution in [1.82, 2.24) is 9.97 Å². The normalized spacial score (nSPS) is 11.8. The summed E-state index contributed by atoms with van der Waals surface area (Å²) in [6.45, 7) is 0. The fourth-order valence-electron chi connectivity index (χ4n) is 2.06. The first-order valence-electron chi connectivity index (χ1n) is 7.33. The van der Waals surface area contributed by atoms with E-state index >= 15 is 0 Å². The van der Waals surface area contributed by atoms with Gasteiger partial charge in [-0.15, -0.1) is 0 Å². The molecule has 13 heteroatoms. The van der Waals surface area contributed by atoms with Crippen molar-refractivity contribution in [2.45, 2.75) is 6.18 Å². The first-order chi connectivity index (χ1) is 13.0. The Bertz CT molecular complexity index is 977. The second kappa shape index (κ2) is 8.46. The van der Waals surface area contributed by atoms with Gasteiger partial charge in [-0.25, -0.2) is 8.42 Å². The molecule has 1 heterocycles. The highest BCUT2D eigenvalue weighted by Gasteiger charge is 2.36. The van der Waals surface area contributed by atoms with E-state index in [4.69, 9.17) is 9.47 Å². The Balaban J connectivity index is 2.50. The Morgan fingerprint density at radius 2 is 1.75 bits per heavy atom. The fourth-order valence-corrected chi connectivity index (χ4v) is 3.91. The zero-order valence-electron chi connectivity index (χ0n) is 14.4. The minimum Gasteiger partial charge on any atom is -0.481 e. The van der Waals surface area contributed by atoms with Crippen molar-refractivity contribution in [3.8, 4) is 11.8 Å². The third kappa shape index (κ3) is 5.67. The van der Waals surface area contributed by atoms with E-state index in [1.54, 1.807) is 22.6 Å². The Morgan fingerprint density at radius 1 is 1.18 bits per heavy atom. The van der Waals surface area contributed by atoms with Gasteiger partial charge in [-0.3, -0.25) is 9.52 Å². The van der Waals surface area contributed by atoms with Gasteiger partial charge in [0.05, 0.1) is 31.5 Å². The number of sulfonamides is 1. The molecule has 0 amide bonds. The van der Waals surface area contributed by atoms with Crippen LogP contribution in [0.25, 0.3) is 0 Å². The lowest BCUT2D eigenvalue weighted by atomic mass is 10.1. The number of para-hydroxylation sites is 1. The number of ketones is 1. The summed E-state index contributed by atoms with van der Waals surface area (Å²) >= 11 is 1.69. The molecular formula is C15H13F3IN3O5S. The van der Waals surface area contributed by atoms with E-state index < -0.39 is 27.7 Å². The second-order valence-electron chi connectivity index (χ2n) is 5.24. The Hall–Kier alpha value is -2.16. The molecule has 1 aromatic heterocycles. The van der Waals surface area contributed by atoms with Crippen molar-refractivity contribution < 1.29 is 35.9 Å². The number of ether oxygens (including phenoxy) is 2. The summed E-state index contributed by atoms with van der Waals surface area (Å²) in [7, 11) is -2.19. The van der Waals surface area contributed by atoms with Crippen molar-refractivity contribution in [3.63, 3.8) is 0 Å². The molecule has 1 N–H and O–H groups in total. The SMILES string of the molecule is COc1cc(OC)nc(C(=O)c2cccc(I)c2NS(=O)(=O)CC(F)(F)F)n1. The number of hydrogen-bond acceptors (Lipinski definition) is 7. The van der Waals surface area contributed by atoms with Crippen molar-refractivity contribution in [1.29, 1.82) is 0 Å². The molecular weight excluding hydrogens is 518 g/mol. The zero-order chi connectivity index (χ0) is 21.1. The lowest BCUT2D eigenvalue weighted by Crippen LogP contribution is -2.29. The standard InChI is InChI=1S/C15H13F3IN3O5S/c1-26-10-6-11(27-2)21-14(20-10)13(23)8-4-3-5-9(19)12(8)22-28(24,25)7-15(16,17)18/h3-6,22H,7H2,1-2H3. The van der Waals surface area contributed by atoms with E-state index in [9.17, 15) is 26.4 Å². The molecule has 8 nitrogen and oxygen atoms in total. The van der Waals surface area contributed by atoms with Gasteiger partial charge >= 0.3 is 6.18 Å². The van der Waals surface area contributed by atoms with E-state index in [1.165, 1.54) is 38.5 Å². The van der Waals surface area contributed by atoms with Crippen LogP contribution < -0.4 is 14.2 Å². The zero-order valence-corrected chi connectivity index (χ0v) is 17.3. The van der Waals surface area contributed by atoms with E-state index in [0.29, 0.717) is 0 Å². The van der Waals surface area contributed by atoms with Crippen LogP contribution in [0.2, 0.25) is 0 Å². The molecule has 0 aliphatic rings. The summed E-state index contributed by atoms with van der Waals surface area (Å²) in [4.78, 5) is 20.6. The molecule has 1 aromatic carbocycles. The summed E-state index contributed by atoms with van der Waals surface area (Å²) in [5.74, 6) is -3.28. The topological polar surface area (TPSA) is 107 Å². The largest absolute Gasteiger partial charge is 0.481 e. The highest BCUT2D eigenvalue weighted by molar-refractivity contribution is 14.1. The first-order valence-corrected chi connectivity index (χ1v) is 10.1. The molecule has 0 aliphatic heterocycles. The Labute approximate surface area is 171 Å². The van der Waals surface area contributed by atoms with Crippen LogP contribution in [0.15, 0.2) is 24.3 Å². The highest BCUT2D eigenvalue weighted by Crippen LogP contribution is 2.28. The van der Waals surface area contributed by atoms with Gasteiger partial charge in [0.2, 0.25) is 33.4 Å². The number of alkyl halides is 3. The molecule has 28 heavy (non-hydrogen) atoms. The van der Waals surface area contributed by atoms with Crippen LogP contribution in [0.5, 0.6) is 11.8 Å². The van der Waals surface area contributed by atoms with Crippen LogP contribution in [0.3, 0.4) is 0 Å². The molecule has 0 bridgehead atoms. The number of carbonyl (C=O) groups excluding carboxylic acids is 1. The molecule has 152 valence electrons. The number of nitrogens with one attached hydrogen (secondary N) is 1. The minimum absolute atomic E-state index is 0.0139. The maximum absolute atomic E-state index is 12.8. The smallest absolute Gasteiger partial charge is 0.404 e. The third-order valence-corrected chi connectivity index (χ3v) is 5.29. The molecule has 0 atom stereocenters. The summed E-state index contributed by atoms with van der Waals surface area (Å²) in [6.07, 6.45) is -4.94. The molecule has 0 aliphatic carbocycles. The van der Waals surface area contributed by atoms with Gasteiger partial charge in [0.25, 0.3) is 0 Å². The monoisotopic (exact) mass is 531 g/mol. The van der Waals surface area contributed by atoms with Gasteiger partial charge in [-0.05, 0) is 34.7 Å². The lowest BCUT2D eigenvalue weighted by molar-refractivity contribution is -0.106. The summed E-state index contributed by atoms with van der Waals surface area (Å²) in [5, 5.41) is 0. The predicted molar refractivity (Wildman–Crippen MR) is 101 cm³/mol. The quantitative estimate of drug-likeness (QED) is 0.433. The van der Waals surface area contributed by atoms with E-state index in [-0.39, 0.29) is 32.4 Å². The number of anilines is 1. The lowest BCUT2D eigenvalue weighted by Gasteiger charge is -2.15. The fraction of sp³-hybridized carbons (Fsp3) is 0.267. The summed E-state index contributed by atoms with van der Waals surface area (Å²) in [5.41, 5.74) is -0.532. The minimum atomic E-state index is -4.94. The van der Waals surface area contributed by atoms with Crippen LogP contribution >= 0.6 is 22.6 Å². The molecule has 2 aromatic rings. The molecule has 0 unspecified atom stereocenters. The van der Waals surface area contributed by atoms with Crippen molar-refractivity contribution in [2.24, 2.45) is 0 Å². The van der Waals surface area contributed by atoms with Crippen LogP contribution in [0, 0.1) is 3.57 Å². The summed E-state index contributed by atoms with van der Waals surface area (Å²) in [6, 6.07) is 5.42. The number of carbonyl (C=O) groups is 1. The van der Waals surface area contributed by atoms with Gasteiger partial charge < -0.3 is 9.47 Å². The number of rotatable bonds is 7. The maximum atomic E-state index is 12.8. The molecule has 0 saturated carbocycles. The van der Waals surface area contributed by atoms with Crippen LogP contribution in [-0.4, -0.2) is 50.3 Å². The van der Waals surface area contributed by atoms with Crippen molar-refractivity contribution in [2.75, 3.05) is 24.7 Å². The molecule has 0 radical (unpaired) electrons. The first kappa shape index (κ1) is 22.1. The van der Waals surface area contributed by atoms with Crippen LogP contribution in [0.1, 0.15) is 16.2 Å². The second-order valence-corrected chi connectivity index (χ2v) is 8.13. The van der Waals surface area contributed by atoms with Crippen LogP contribution in [0.4, 0.5) is 18.9 Å². The predicted octanol–water partition coefficient (Wildman–Crippen LogP) is 2.63. The third-order valence-electron chi connectivity index (χ3n) is 3.17. The van der Waals surface area contributed by atoms with E-state index in [2.05, 4.69) is 9.97 Å². The van der Waals surface area contributed by atoms with Crippen molar-refractivity contribution >= 4 is 44.1 Å². The van der Waals surface area contributed by atoms with Gasteiger partial charge in [0, 0.05) is 3.57 Å². The molecule has 0 spiro atoms. The van der Waals surface area contributed by atoms with E-state index in [0.717, 1.165) is 0 Å². The summed E-state index contributed by atoms with van der Waals surface area (Å²) < 4.78 is 73.2. The Kier molecular flexibility index (Phi) is 6.69.